The van der Waals surface area contributed by atoms with Gasteiger partial charge in [-0.1, -0.05) is 0 Å². The summed E-state index contributed by atoms with van der Waals surface area (Å²) in [5.41, 5.74) is 0.733. The van der Waals surface area contributed by atoms with Crippen molar-refractivity contribution in [3.63, 3.8) is 0 Å². The molecule has 0 unspecified atom stereocenters. The Bertz CT molecular complexity index is 382. The molecular weight excluding hydrogens is 284 g/mol. The Morgan fingerprint density at radius 3 is 2.13 bits per heavy atom. The molecule has 2 aliphatic heterocycles. The van der Waals surface area contributed by atoms with Crippen LogP contribution in [0.1, 0.15) is 51.4 Å². The molecule has 0 aromatic carbocycles. The summed E-state index contributed by atoms with van der Waals surface area (Å²) in [6.07, 6.45) is 12.1. The minimum absolute atomic E-state index is 0.590. The van der Waals surface area contributed by atoms with E-state index >= 15 is 0 Å². The van der Waals surface area contributed by atoms with Crippen LogP contribution in [0, 0.1) is 23.2 Å². The zero-order chi connectivity index (χ0) is 15.9. The lowest BCUT2D eigenvalue weighted by molar-refractivity contribution is -0.141. The number of methoxy groups -OCH3 is 1. The molecule has 0 radical (unpaired) electrons. The van der Waals surface area contributed by atoms with Crippen LogP contribution < -0.4 is 0 Å². The van der Waals surface area contributed by atoms with E-state index in [9.17, 15) is 0 Å². The van der Waals surface area contributed by atoms with Crippen molar-refractivity contribution in [3.05, 3.63) is 0 Å². The molecule has 4 fully saturated rings. The van der Waals surface area contributed by atoms with Crippen LogP contribution in [-0.2, 0) is 4.74 Å². The summed E-state index contributed by atoms with van der Waals surface area (Å²) >= 11 is 0. The maximum absolute atomic E-state index is 5.48. The van der Waals surface area contributed by atoms with Gasteiger partial charge >= 0.3 is 0 Å². The van der Waals surface area contributed by atoms with Gasteiger partial charge in [0.05, 0.1) is 6.10 Å². The van der Waals surface area contributed by atoms with Gasteiger partial charge in [-0.2, -0.15) is 0 Å². The number of ether oxygens (including phenoxy) is 1. The summed E-state index contributed by atoms with van der Waals surface area (Å²) in [4.78, 5) is 5.27. The van der Waals surface area contributed by atoms with Gasteiger partial charge < -0.3 is 14.5 Å². The lowest BCUT2D eigenvalue weighted by atomic mass is 9.48. The van der Waals surface area contributed by atoms with Crippen molar-refractivity contribution >= 4 is 0 Å². The van der Waals surface area contributed by atoms with Gasteiger partial charge in [0.15, 0.2) is 0 Å². The maximum Gasteiger partial charge on any atom is 0.0582 e. The van der Waals surface area contributed by atoms with Gasteiger partial charge in [0.2, 0.25) is 0 Å². The first-order chi connectivity index (χ1) is 11.2. The van der Waals surface area contributed by atoms with Crippen molar-refractivity contribution in [2.24, 2.45) is 23.2 Å². The average Bonchev–Trinajstić information content (AvgIpc) is 2.49. The van der Waals surface area contributed by atoms with E-state index in [0.29, 0.717) is 6.10 Å². The average molecular weight is 321 g/mol. The van der Waals surface area contributed by atoms with Gasteiger partial charge in [-0.25, -0.2) is 0 Å². The number of piperidine rings is 2. The highest BCUT2D eigenvalue weighted by molar-refractivity contribution is 5.05. The predicted molar refractivity (Wildman–Crippen MR) is 94.6 cm³/mol. The van der Waals surface area contributed by atoms with Crippen LogP contribution in [0.25, 0.3) is 0 Å². The van der Waals surface area contributed by atoms with Gasteiger partial charge in [0.25, 0.3) is 0 Å². The summed E-state index contributed by atoms with van der Waals surface area (Å²) < 4.78 is 5.48. The van der Waals surface area contributed by atoms with Gasteiger partial charge in [-0.3, -0.25) is 0 Å². The quantitative estimate of drug-likeness (QED) is 0.791. The van der Waals surface area contributed by atoms with Crippen molar-refractivity contribution in [1.29, 1.82) is 0 Å². The summed E-state index contributed by atoms with van der Waals surface area (Å²) in [6, 6.07) is 0. The molecule has 0 aromatic heterocycles. The Kier molecular flexibility index (Phi) is 4.73. The molecule has 4 aliphatic rings. The second-order valence-electron chi connectivity index (χ2n) is 9.32. The van der Waals surface area contributed by atoms with E-state index in [0.717, 1.165) is 23.2 Å². The van der Waals surface area contributed by atoms with Crippen molar-refractivity contribution in [2.75, 3.05) is 46.9 Å². The lowest BCUT2D eigenvalue weighted by Gasteiger charge is -2.59. The van der Waals surface area contributed by atoms with Crippen molar-refractivity contribution in [1.82, 2.24) is 9.80 Å². The first kappa shape index (κ1) is 16.4. The summed E-state index contributed by atoms with van der Waals surface area (Å²) in [5, 5.41) is 0. The minimum Gasteiger partial charge on any atom is -0.381 e. The second kappa shape index (κ2) is 6.65. The second-order valence-corrected chi connectivity index (χ2v) is 9.32. The molecule has 4 rings (SSSR count). The van der Waals surface area contributed by atoms with E-state index in [-0.39, 0.29) is 0 Å². The van der Waals surface area contributed by atoms with Crippen LogP contribution in [0.4, 0.5) is 0 Å². The molecular formula is C20H36N2O. The Labute approximate surface area is 142 Å². The first-order valence-corrected chi connectivity index (χ1v) is 10.1. The fraction of sp³-hybridized carbons (Fsp3) is 1.00. The highest BCUT2D eigenvalue weighted by atomic mass is 16.5. The van der Waals surface area contributed by atoms with E-state index in [4.69, 9.17) is 4.74 Å². The number of rotatable bonds is 4. The van der Waals surface area contributed by atoms with E-state index in [1.54, 1.807) is 0 Å². The van der Waals surface area contributed by atoms with E-state index in [1.165, 1.54) is 84.1 Å². The summed E-state index contributed by atoms with van der Waals surface area (Å²) in [7, 11) is 4.15. The summed E-state index contributed by atoms with van der Waals surface area (Å²) in [6.45, 7) is 6.76. The largest absolute Gasteiger partial charge is 0.381 e. The third kappa shape index (κ3) is 3.48. The molecule has 2 heterocycles. The van der Waals surface area contributed by atoms with E-state index < -0.39 is 0 Å². The van der Waals surface area contributed by atoms with Crippen molar-refractivity contribution in [3.8, 4) is 0 Å². The van der Waals surface area contributed by atoms with Crippen LogP contribution in [0.3, 0.4) is 0 Å². The minimum atomic E-state index is 0.590. The van der Waals surface area contributed by atoms with Crippen LogP contribution in [0.5, 0.6) is 0 Å². The van der Waals surface area contributed by atoms with Gasteiger partial charge in [0.1, 0.15) is 0 Å². The topological polar surface area (TPSA) is 15.7 Å². The maximum atomic E-state index is 5.48. The fourth-order valence-corrected chi connectivity index (χ4v) is 6.01. The number of hydrogen-bond donors (Lipinski definition) is 0. The molecule has 0 atom stereocenters. The smallest absolute Gasteiger partial charge is 0.0582 e. The molecule has 0 amide bonds. The molecule has 2 saturated carbocycles. The van der Waals surface area contributed by atoms with Gasteiger partial charge in [0, 0.05) is 13.7 Å². The molecule has 0 N–H and O–H groups in total. The third-order valence-electron chi connectivity index (χ3n) is 7.70. The molecule has 2 saturated heterocycles. The Balaban J connectivity index is 1.15. The molecule has 3 nitrogen and oxygen atoms in total. The molecule has 1 spiro atoms. The van der Waals surface area contributed by atoms with Gasteiger partial charge in [-0.15, -0.1) is 0 Å². The SMILES string of the molecule is COC1CC2(C1)CC(C1CCN(CC3CCN(C)CC3)CC1)C2. The normalized spacial score (nSPS) is 41.0. The van der Waals surface area contributed by atoms with Crippen LogP contribution in [0.2, 0.25) is 0 Å². The number of nitrogens with zero attached hydrogens (tertiary/aromatic N) is 2. The van der Waals surface area contributed by atoms with Gasteiger partial charge in [-0.05, 0) is 108 Å². The van der Waals surface area contributed by atoms with E-state index in [1.807, 2.05) is 7.11 Å². The number of likely N-dealkylation sites (tertiary alicyclic amines) is 2. The molecule has 2 aliphatic carbocycles. The fourth-order valence-electron chi connectivity index (χ4n) is 6.01. The Hall–Kier alpha value is -0.120. The molecule has 0 bridgehead atoms. The summed E-state index contributed by atoms with van der Waals surface area (Å²) in [5.74, 6) is 3.06. The standard InChI is InChI=1S/C20H36N2O/c1-21-7-3-16(4-8-21)15-22-9-5-17(6-10-22)18-11-20(12-18)13-19(14-20)23-2/h16-19H,3-15H2,1-2H3. The monoisotopic (exact) mass is 320 g/mol. The highest BCUT2D eigenvalue weighted by Gasteiger charge is 2.54. The Morgan fingerprint density at radius 2 is 1.52 bits per heavy atom. The van der Waals surface area contributed by atoms with Crippen molar-refractivity contribution in [2.45, 2.75) is 57.5 Å². The zero-order valence-corrected chi connectivity index (χ0v) is 15.3. The number of hydrogen-bond acceptors (Lipinski definition) is 3. The third-order valence-corrected chi connectivity index (χ3v) is 7.70. The molecule has 3 heteroatoms. The first-order valence-electron chi connectivity index (χ1n) is 10.1. The predicted octanol–water partition coefficient (Wildman–Crippen LogP) is 3.25. The molecule has 132 valence electrons. The van der Waals surface area contributed by atoms with E-state index in [2.05, 4.69) is 16.8 Å². The zero-order valence-electron chi connectivity index (χ0n) is 15.3. The Morgan fingerprint density at radius 1 is 0.870 bits per heavy atom. The lowest BCUT2D eigenvalue weighted by Crippen LogP contribution is -2.53. The van der Waals surface area contributed by atoms with Crippen molar-refractivity contribution < 1.29 is 4.74 Å². The molecule has 0 aromatic rings. The van der Waals surface area contributed by atoms with Crippen LogP contribution in [0.15, 0.2) is 0 Å². The van der Waals surface area contributed by atoms with Crippen LogP contribution in [-0.4, -0.2) is 62.8 Å². The molecule has 23 heavy (non-hydrogen) atoms. The highest BCUT2D eigenvalue weighted by Crippen LogP contribution is 2.62. The van der Waals surface area contributed by atoms with Crippen LogP contribution >= 0.6 is 0 Å².